The van der Waals surface area contributed by atoms with Gasteiger partial charge in [0.15, 0.2) is 0 Å². The monoisotopic (exact) mass is 391 g/mol. The lowest BCUT2D eigenvalue weighted by Crippen LogP contribution is -2.28. The molecule has 0 radical (unpaired) electrons. The maximum Gasteiger partial charge on any atom is 0.261 e. The molecule has 1 N–H and O–H groups in total. The van der Waals surface area contributed by atoms with Gasteiger partial charge in [-0.15, -0.1) is 0 Å². The Kier molecular flexibility index (Phi) is 6.47. The van der Waals surface area contributed by atoms with E-state index in [9.17, 15) is 9.59 Å². The van der Waals surface area contributed by atoms with Gasteiger partial charge in [0.2, 0.25) is 5.91 Å². The van der Waals surface area contributed by atoms with Gasteiger partial charge in [0.1, 0.15) is 5.82 Å². The van der Waals surface area contributed by atoms with E-state index in [-0.39, 0.29) is 23.9 Å². The highest BCUT2D eigenvalue weighted by molar-refractivity contribution is 5.78. The summed E-state index contributed by atoms with van der Waals surface area (Å²) in [5, 5.41) is 3.64. The minimum absolute atomic E-state index is 0.0498. The molecule has 0 aliphatic carbocycles. The number of carbonyl (C=O) groups is 1. The van der Waals surface area contributed by atoms with Crippen LogP contribution in [0.2, 0.25) is 0 Å². The maximum absolute atomic E-state index is 12.5. The molecule has 0 aliphatic heterocycles. The molecule has 2 aromatic carbocycles. The predicted molar refractivity (Wildman–Crippen MR) is 117 cm³/mol. The largest absolute Gasteiger partial charge is 0.350 e. The Hall–Kier alpha value is -2.95. The van der Waals surface area contributed by atoms with E-state index >= 15 is 0 Å². The number of nitrogens with one attached hydrogen (secondary N) is 1. The molecule has 1 heterocycles. The summed E-state index contributed by atoms with van der Waals surface area (Å²) in [6.45, 7) is 6.40. The van der Waals surface area contributed by atoms with Crippen molar-refractivity contribution in [3.63, 3.8) is 0 Å². The van der Waals surface area contributed by atoms with Crippen LogP contribution in [0.15, 0.2) is 53.3 Å². The van der Waals surface area contributed by atoms with Gasteiger partial charge in [0.25, 0.3) is 5.56 Å². The van der Waals surface area contributed by atoms with E-state index in [1.54, 1.807) is 13.1 Å². The predicted octanol–water partition coefficient (Wildman–Crippen LogP) is 3.94. The second kappa shape index (κ2) is 9.03. The van der Waals surface area contributed by atoms with E-state index in [1.807, 2.05) is 25.1 Å². The average molecular weight is 392 g/mol. The fraction of sp³-hybridized carbons (Fsp3) is 0.375. The van der Waals surface area contributed by atoms with Crippen LogP contribution in [0.25, 0.3) is 10.9 Å². The number of para-hydroxylation sites is 1. The number of hydrogen-bond donors (Lipinski definition) is 1. The molecule has 3 rings (SSSR count). The Bertz CT molecular complexity index is 1050. The zero-order valence-corrected chi connectivity index (χ0v) is 17.6. The number of aromatic nitrogens is 2. The Morgan fingerprint density at radius 3 is 2.45 bits per heavy atom. The lowest BCUT2D eigenvalue weighted by Gasteiger charge is -2.16. The molecule has 0 bridgehead atoms. The smallest absolute Gasteiger partial charge is 0.261 e. The van der Waals surface area contributed by atoms with Crippen LogP contribution in [-0.2, 0) is 24.7 Å². The van der Waals surface area contributed by atoms with Crippen molar-refractivity contribution in [2.45, 2.75) is 46.1 Å². The van der Waals surface area contributed by atoms with E-state index in [1.165, 1.54) is 10.1 Å². The molecule has 0 unspecified atom stereocenters. The summed E-state index contributed by atoms with van der Waals surface area (Å²) in [5.74, 6) is 1.19. The van der Waals surface area contributed by atoms with Crippen LogP contribution in [-0.4, -0.2) is 15.5 Å². The van der Waals surface area contributed by atoms with E-state index < -0.39 is 0 Å². The first-order chi connectivity index (χ1) is 13.8. The van der Waals surface area contributed by atoms with E-state index in [0.717, 1.165) is 12.0 Å². The van der Waals surface area contributed by atoms with Crippen molar-refractivity contribution >= 4 is 16.8 Å². The maximum atomic E-state index is 12.5. The molecule has 5 nitrogen and oxygen atoms in total. The first kappa shape index (κ1) is 20.8. The van der Waals surface area contributed by atoms with Crippen LogP contribution in [0.5, 0.6) is 0 Å². The van der Waals surface area contributed by atoms with Gasteiger partial charge in [-0.2, -0.15) is 0 Å². The minimum Gasteiger partial charge on any atom is -0.350 e. The first-order valence-electron chi connectivity index (χ1n) is 10.2. The number of fused-ring (bicyclic) bond motifs is 1. The van der Waals surface area contributed by atoms with Crippen LogP contribution in [0, 0.1) is 5.92 Å². The van der Waals surface area contributed by atoms with Gasteiger partial charge in [-0.3, -0.25) is 14.2 Å². The van der Waals surface area contributed by atoms with E-state index in [0.29, 0.717) is 29.1 Å². The number of amides is 1. The van der Waals surface area contributed by atoms with Crippen molar-refractivity contribution in [1.29, 1.82) is 0 Å². The first-order valence-corrected chi connectivity index (χ1v) is 10.2. The molecule has 0 spiro atoms. The third-order valence-corrected chi connectivity index (χ3v) is 5.15. The number of aryl methyl sites for hydroxylation is 1. The van der Waals surface area contributed by atoms with Crippen LogP contribution >= 0.6 is 0 Å². The lowest BCUT2D eigenvalue weighted by atomic mass is 10.00. The molecular weight excluding hydrogens is 362 g/mol. The van der Waals surface area contributed by atoms with Gasteiger partial charge in [-0.25, -0.2) is 4.98 Å². The van der Waals surface area contributed by atoms with E-state index in [4.69, 9.17) is 0 Å². The zero-order valence-electron chi connectivity index (χ0n) is 17.6. The Morgan fingerprint density at radius 2 is 1.76 bits per heavy atom. The molecule has 1 amide bonds. The molecule has 29 heavy (non-hydrogen) atoms. The number of carbonyl (C=O) groups excluding carboxylic acids is 1. The zero-order chi connectivity index (χ0) is 21.0. The summed E-state index contributed by atoms with van der Waals surface area (Å²) < 4.78 is 1.53. The van der Waals surface area contributed by atoms with E-state index in [2.05, 4.69) is 48.4 Å². The second-order valence-corrected chi connectivity index (χ2v) is 8.04. The molecule has 1 atom stereocenters. The Morgan fingerprint density at radius 1 is 1.07 bits per heavy atom. The fourth-order valence-corrected chi connectivity index (χ4v) is 3.52. The van der Waals surface area contributed by atoms with Crippen molar-refractivity contribution in [3.8, 4) is 0 Å². The average Bonchev–Trinajstić information content (AvgIpc) is 2.69. The summed E-state index contributed by atoms with van der Waals surface area (Å²) in [6, 6.07) is 15.6. The number of benzene rings is 2. The highest BCUT2D eigenvalue weighted by Crippen LogP contribution is 2.16. The highest BCUT2D eigenvalue weighted by atomic mass is 16.1. The number of nitrogens with zero attached hydrogens (tertiary/aromatic N) is 2. The van der Waals surface area contributed by atoms with Crippen LogP contribution in [0.3, 0.4) is 0 Å². The van der Waals surface area contributed by atoms with Gasteiger partial charge in [-0.1, -0.05) is 50.2 Å². The summed E-state index contributed by atoms with van der Waals surface area (Å²) in [4.78, 5) is 29.5. The molecule has 3 aromatic rings. The SMILES string of the molecule is CC(C)Cc1ccc([C@H](C)NC(=O)CCc2nc3ccccc3c(=O)n2C)cc1. The Balaban J connectivity index is 1.62. The molecule has 0 saturated heterocycles. The summed E-state index contributed by atoms with van der Waals surface area (Å²) >= 11 is 0. The summed E-state index contributed by atoms with van der Waals surface area (Å²) in [5.41, 5.74) is 2.98. The molecule has 152 valence electrons. The fourth-order valence-electron chi connectivity index (χ4n) is 3.52. The van der Waals surface area contributed by atoms with Gasteiger partial charge < -0.3 is 5.32 Å². The molecule has 0 fully saturated rings. The summed E-state index contributed by atoms with van der Waals surface area (Å²) in [7, 11) is 1.70. The lowest BCUT2D eigenvalue weighted by molar-refractivity contribution is -0.121. The highest BCUT2D eigenvalue weighted by Gasteiger charge is 2.13. The molecule has 0 aliphatic rings. The van der Waals surface area contributed by atoms with Crippen molar-refractivity contribution in [1.82, 2.24) is 14.9 Å². The minimum atomic E-state index is -0.0825. The molecule has 1 aromatic heterocycles. The Labute approximate surface area is 171 Å². The molecule has 5 heteroatoms. The number of rotatable bonds is 7. The number of hydrogen-bond acceptors (Lipinski definition) is 3. The second-order valence-electron chi connectivity index (χ2n) is 8.04. The third kappa shape index (κ3) is 5.11. The van der Waals surface area contributed by atoms with Gasteiger partial charge in [0.05, 0.1) is 16.9 Å². The van der Waals surface area contributed by atoms with Crippen molar-refractivity contribution < 1.29 is 4.79 Å². The molecular formula is C24H29N3O2. The van der Waals surface area contributed by atoms with Gasteiger partial charge in [0, 0.05) is 19.9 Å². The van der Waals surface area contributed by atoms with Gasteiger partial charge in [-0.05, 0) is 42.5 Å². The third-order valence-electron chi connectivity index (χ3n) is 5.15. The van der Waals surface area contributed by atoms with Crippen molar-refractivity contribution in [3.05, 3.63) is 75.8 Å². The standard InChI is InChI=1S/C24H29N3O2/c1-16(2)15-18-9-11-19(12-10-18)17(3)25-23(28)14-13-22-26-21-8-6-5-7-20(21)24(29)27(22)4/h5-12,16-17H,13-15H2,1-4H3,(H,25,28)/t17-/m0/s1. The normalized spacial score (nSPS) is 12.3. The van der Waals surface area contributed by atoms with Crippen LogP contribution in [0.1, 0.15) is 50.2 Å². The van der Waals surface area contributed by atoms with Gasteiger partial charge >= 0.3 is 0 Å². The van der Waals surface area contributed by atoms with Crippen LogP contribution in [0.4, 0.5) is 0 Å². The van der Waals surface area contributed by atoms with Crippen molar-refractivity contribution in [2.24, 2.45) is 13.0 Å². The summed E-state index contributed by atoms with van der Waals surface area (Å²) in [6.07, 6.45) is 1.76. The van der Waals surface area contributed by atoms with Crippen LogP contribution < -0.4 is 10.9 Å². The quantitative estimate of drug-likeness (QED) is 0.663. The molecule has 0 saturated carbocycles. The van der Waals surface area contributed by atoms with Crippen molar-refractivity contribution in [2.75, 3.05) is 0 Å². The topological polar surface area (TPSA) is 64.0 Å².